The van der Waals surface area contributed by atoms with E-state index in [0.29, 0.717) is 0 Å². The highest BCUT2D eigenvalue weighted by atomic mass is 28.3. The van der Waals surface area contributed by atoms with Crippen LogP contribution in [0.5, 0.6) is 0 Å². The van der Waals surface area contributed by atoms with E-state index in [1.807, 2.05) is 0 Å². The molecule has 0 amide bonds. The Kier molecular flexibility index (Phi) is 21.2. The Morgan fingerprint density at radius 3 is 0.694 bits per heavy atom. The highest BCUT2D eigenvalue weighted by Crippen LogP contribution is 2.52. The van der Waals surface area contributed by atoms with Crippen molar-refractivity contribution in [2.45, 2.75) is 39.3 Å². The monoisotopic (exact) mass is 1740 g/mol. The van der Waals surface area contributed by atoms with Gasteiger partial charge in [0, 0.05) is 0 Å². The molecule has 0 heterocycles. The summed E-state index contributed by atoms with van der Waals surface area (Å²) in [6, 6.07) is 179. The summed E-state index contributed by atoms with van der Waals surface area (Å²) in [6.45, 7) is 14.7. The van der Waals surface area contributed by atoms with Crippen LogP contribution in [0.1, 0.15) is 0 Å². The van der Waals surface area contributed by atoms with Gasteiger partial charge in [-0.05, 0) is 259 Å². The molecule has 0 radical (unpaired) electrons. The zero-order valence-corrected chi connectivity index (χ0v) is 78.2. The number of hydrogen-bond acceptors (Lipinski definition) is 0. The van der Waals surface area contributed by atoms with E-state index in [9.17, 15) is 0 Å². The number of rotatable bonds is 12. The third kappa shape index (κ3) is 14.8. The molecule has 0 aliphatic carbocycles. The first kappa shape index (κ1) is 82.5. The van der Waals surface area contributed by atoms with Crippen LogP contribution < -0.4 is 10.4 Å². The third-order valence-corrected chi connectivity index (χ3v) is 31.9. The van der Waals surface area contributed by atoms with Crippen molar-refractivity contribution in [3.8, 4) is 111 Å². The summed E-state index contributed by atoms with van der Waals surface area (Å²) >= 11 is 0. The molecule has 25 rings (SSSR count). The molecular formula is C132H98Si2. The average Bonchev–Trinajstić information content (AvgIpc) is 0.704. The summed E-state index contributed by atoms with van der Waals surface area (Å²) in [5.74, 6) is 0. The zero-order chi connectivity index (χ0) is 90.1. The van der Waals surface area contributed by atoms with E-state index in [1.54, 1.807) is 0 Å². The standard InChI is InChI=1S/C46H30.2C43H34Si/c1-2-12-31(13-3-1)32-24-26-35(27-25-32)45-41-20-8-9-21-42(41)46(40-23-11-17-34-15-5-7-19-38(34)40)44-30-36(28-29-43(44)45)39-22-10-16-33-14-4-6-18-37(33)39;1-44(2,3)41-25-13-22-34-35(41)23-12-24-36(34)43-38-20-10-9-19-37(38)42(30-15-5-4-6-16-30)39-27-26-31(28-40(39)43)33-21-11-17-29-14-7-8-18-32(29)33;1-44(2,3)41-27-26-33(34-19-9-10-20-35(34)41)31-24-25-39-40(28-31)43(36-23-13-17-29-14-7-8-18-32(29)36)38-22-12-11-21-37(38)42(39)30-15-5-4-6-16-30/h1-30H;2*4-28H,1-3H3. The van der Waals surface area contributed by atoms with Gasteiger partial charge in [0.1, 0.15) is 0 Å². The first-order valence-electron chi connectivity index (χ1n) is 47.0. The van der Waals surface area contributed by atoms with Crippen molar-refractivity contribution in [2.75, 3.05) is 0 Å². The molecule has 25 aromatic carbocycles. The predicted octanol–water partition coefficient (Wildman–Crippen LogP) is 36.7. The highest BCUT2D eigenvalue weighted by Gasteiger charge is 2.28. The van der Waals surface area contributed by atoms with Crippen molar-refractivity contribution in [3.63, 3.8) is 0 Å². The lowest BCUT2D eigenvalue weighted by atomic mass is 9.83. The van der Waals surface area contributed by atoms with Crippen molar-refractivity contribution in [3.05, 3.63) is 485 Å². The summed E-state index contributed by atoms with van der Waals surface area (Å²) in [5.41, 5.74) is 25.3. The van der Waals surface area contributed by atoms with Crippen LogP contribution in [0, 0.1) is 0 Å². The van der Waals surface area contributed by atoms with E-state index < -0.39 is 16.1 Å². The summed E-state index contributed by atoms with van der Waals surface area (Å²) in [5, 5.41) is 34.0. The van der Waals surface area contributed by atoms with Crippen LogP contribution in [0.4, 0.5) is 0 Å². The lowest BCUT2D eigenvalue weighted by molar-refractivity contribution is 1.61. The van der Waals surface area contributed by atoms with Crippen molar-refractivity contribution in [1.29, 1.82) is 0 Å². The van der Waals surface area contributed by atoms with E-state index in [2.05, 4.69) is 525 Å². The Hall–Kier alpha value is -15.9. The van der Waals surface area contributed by atoms with Crippen LogP contribution >= 0.6 is 0 Å². The van der Waals surface area contributed by atoms with Gasteiger partial charge in [-0.25, -0.2) is 0 Å². The number of hydrogen-bond donors (Lipinski definition) is 0. The summed E-state index contributed by atoms with van der Waals surface area (Å²) in [7, 11) is -3.08. The predicted molar refractivity (Wildman–Crippen MR) is 590 cm³/mol. The van der Waals surface area contributed by atoms with Gasteiger partial charge in [0.25, 0.3) is 0 Å². The Morgan fingerprint density at radius 1 is 0.112 bits per heavy atom. The molecule has 0 nitrogen and oxygen atoms in total. The van der Waals surface area contributed by atoms with Gasteiger partial charge in [-0.1, -0.05) is 517 Å². The van der Waals surface area contributed by atoms with Crippen LogP contribution in [0.25, 0.3) is 241 Å². The van der Waals surface area contributed by atoms with Crippen LogP contribution in [-0.2, 0) is 0 Å². The van der Waals surface area contributed by atoms with Gasteiger partial charge in [-0.15, -0.1) is 0 Å². The molecule has 0 aromatic heterocycles. The Labute approximate surface area is 785 Å². The quantitative estimate of drug-likeness (QED) is 0.0845. The average molecular weight is 1740 g/mol. The molecule has 0 unspecified atom stereocenters. The lowest BCUT2D eigenvalue weighted by Crippen LogP contribution is -2.38. The van der Waals surface area contributed by atoms with E-state index in [-0.39, 0.29) is 0 Å². The van der Waals surface area contributed by atoms with E-state index in [1.165, 1.54) is 251 Å². The van der Waals surface area contributed by atoms with Crippen LogP contribution in [0.3, 0.4) is 0 Å². The number of benzene rings is 25. The van der Waals surface area contributed by atoms with E-state index in [4.69, 9.17) is 0 Å². The molecule has 2 heteroatoms. The fourth-order valence-electron chi connectivity index (χ4n) is 21.7. The van der Waals surface area contributed by atoms with E-state index in [0.717, 1.165) is 0 Å². The number of fused-ring (bicyclic) bond motifs is 12. The first-order chi connectivity index (χ1) is 65.8. The summed E-state index contributed by atoms with van der Waals surface area (Å²) in [4.78, 5) is 0. The SMILES string of the molecule is C[Si](C)(C)c1ccc(-c2ccc3c(-c4ccccc4)c4ccccc4c(-c4cccc5ccccc45)c3c2)c2ccccc12.C[Si](C)(C)c1cccc2c(-c3c4ccccc4c(-c4ccccc4)c4ccc(-c5cccc6ccccc56)cc34)cccc12.c1ccc(-c2ccc(-c3c4ccccc4c(-c4cccc5ccccc45)c4cc(-c5cccc6ccccc56)ccc34)cc2)cc1. The second kappa shape index (κ2) is 34.4. The van der Waals surface area contributed by atoms with Crippen molar-refractivity contribution < 1.29 is 0 Å². The zero-order valence-electron chi connectivity index (χ0n) is 76.2. The van der Waals surface area contributed by atoms with Crippen LogP contribution in [-0.4, -0.2) is 16.1 Å². The van der Waals surface area contributed by atoms with Gasteiger partial charge >= 0.3 is 0 Å². The first-order valence-corrected chi connectivity index (χ1v) is 54.0. The largest absolute Gasteiger partial charge is 0.0784 e. The second-order valence-electron chi connectivity index (χ2n) is 37.9. The van der Waals surface area contributed by atoms with Crippen LogP contribution in [0.15, 0.2) is 485 Å². The van der Waals surface area contributed by atoms with Crippen molar-refractivity contribution >= 4 is 156 Å². The fraction of sp³-hybridized carbons (Fsp3) is 0.0455. The molecular weight excluding hydrogens is 1640 g/mol. The minimum atomic E-state index is -1.56. The molecule has 0 aliphatic heterocycles. The molecule has 0 spiro atoms. The molecule has 134 heavy (non-hydrogen) atoms. The molecule has 0 atom stereocenters. The summed E-state index contributed by atoms with van der Waals surface area (Å²) in [6.07, 6.45) is 0. The van der Waals surface area contributed by atoms with Gasteiger partial charge < -0.3 is 0 Å². The summed E-state index contributed by atoms with van der Waals surface area (Å²) < 4.78 is 0. The topological polar surface area (TPSA) is 0 Å². The fourth-order valence-corrected chi connectivity index (χ4v) is 25.0. The van der Waals surface area contributed by atoms with Gasteiger partial charge in [-0.3, -0.25) is 0 Å². The highest BCUT2D eigenvalue weighted by molar-refractivity contribution is 6.91. The van der Waals surface area contributed by atoms with Gasteiger partial charge in [0.05, 0.1) is 16.1 Å². The van der Waals surface area contributed by atoms with Crippen molar-refractivity contribution in [2.24, 2.45) is 0 Å². The van der Waals surface area contributed by atoms with Gasteiger partial charge in [-0.2, -0.15) is 0 Å². The van der Waals surface area contributed by atoms with Gasteiger partial charge in [0.2, 0.25) is 0 Å². The molecule has 0 bridgehead atoms. The lowest BCUT2D eigenvalue weighted by Gasteiger charge is -2.22. The maximum absolute atomic E-state index is 2.46. The molecule has 0 N–H and O–H groups in total. The molecule has 0 saturated carbocycles. The minimum absolute atomic E-state index is 1.23. The molecule has 25 aromatic rings. The molecule has 0 aliphatic rings. The molecule has 0 fully saturated rings. The second-order valence-corrected chi connectivity index (χ2v) is 47.9. The third-order valence-electron chi connectivity index (χ3n) is 27.8. The van der Waals surface area contributed by atoms with Crippen molar-refractivity contribution in [1.82, 2.24) is 0 Å². The Bertz CT molecular complexity index is 8900. The van der Waals surface area contributed by atoms with Gasteiger partial charge in [0.15, 0.2) is 0 Å². The van der Waals surface area contributed by atoms with E-state index >= 15 is 0 Å². The van der Waals surface area contributed by atoms with Crippen LogP contribution in [0.2, 0.25) is 39.3 Å². The molecule has 0 saturated heterocycles. The normalized spacial score (nSPS) is 11.8. The Balaban J connectivity index is 0.000000114. The maximum Gasteiger partial charge on any atom is 0.0784 e. The smallest absolute Gasteiger partial charge is 0.0656 e. The molecule has 634 valence electrons. The maximum atomic E-state index is 2.46. The Morgan fingerprint density at radius 2 is 0.321 bits per heavy atom. The minimum Gasteiger partial charge on any atom is -0.0656 e.